The second-order valence-electron chi connectivity index (χ2n) is 7.62. The Morgan fingerprint density at radius 3 is 2.23 bits per heavy atom. The van der Waals surface area contributed by atoms with Gasteiger partial charge < -0.3 is 24.4 Å². The minimum atomic E-state index is -2.50. The van der Waals surface area contributed by atoms with E-state index in [0.29, 0.717) is 0 Å². The largest absolute Gasteiger partial charge is 0.429 e. The molecule has 0 bridgehead atoms. The Balaban J connectivity index is 1.64. The van der Waals surface area contributed by atoms with Crippen LogP contribution in [-0.4, -0.2) is 49.9 Å². The highest BCUT2D eigenvalue weighted by molar-refractivity contribution is 14.1. The molecule has 1 saturated heterocycles. The summed E-state index contributed by atoms with van der Waals surface area (Å²) in [6.07, 6.45) is -4.48. The zero-order valence-electron chi connectivity index (χ0n) is 17.9. The van der Waals surface area contributed by atoms with Crippen LogP contribution in [-0.2, 0) is 14.2 Å². The lowest BCUT2D eigenvalue weighted by Crippen LogP contribution is -2.50. The number of ether oxygens (including phenoxy) is 3. The van der Waals surface area contributed by atoms with Gasteiger partial charge in [0.25, 0.3) is 5.56 Å². The average Bonchev–Trinajstić information content (AvgIpc) is 3.19. The Morgan fingerprint density at radius 2 is 1.63 bits per heavy atom. The van der Waals surface area contributed by atoms with Gasteiger partial charge >= 0.3 is 17.6 Å². The molecular weight excluding hydrogens is 575 g/mol. The van der Waals surface area contributed by atoms with Gasteiger partial charge in [0, 0.05) is 6.20 Å². The Kier molecular flexibility index (Phi) is 7.16. The molecule has 0 aliphatic carbocycles. The molecular formula is C23H19IN2O9. The minimum Gasteiger partial charge on any atom is -0.429 e. The number of nitrogens with one attached hydrogen (secondary N) is 1. The molecule has 3 N–H and O–H groups in total. The Morgan fingerprint density at radius 1 is 1.06 bits per heavy atom. The molecule has 2 aromatic carbocycles. The quantitative estimate of drug-likeness (QED) is 0.216. The molecule has 1 aliphatic rings. The third-order valence-electron chi connectivity index (χ3n) is 5.23. The van der Waals surface area contributed by atoms with Crippen molar-refractivity contribution in [2.24, 2.45) is 0 Å². The summed E-state index contributed by atoms with van der Waals surface area (Å²) in [6.45, 7) is 0. The van der Waals surface area contributed by atoms with E-state index in [9.17, 15) is 29.4 Å². The normalized spacial score (nSPS) is 22.4. The molecule has 35 heavy (non-hydrogen) atoms. The summed E-state index contributed by atoms with van der Waals surface area (Å²) >= 11 is 1.71. The second-order valence-corrected chi connectivity index (χ2v) is 8.78. The first-order valence-corrected chi connectivity index (χ1v) is 11.4. The highest BCUT2D eigenvalue weighted by Crippen LogP contribution is 2.39. The molecule has 4 atom stereocenters. The number of carbonyl (C=O) groups is 2. The van der Waals surface area contributed by atoms with Crippen LogP contribution in [0.4, 0.5) is 0 Å². The van der Waals surface area contributed by atoms with Gasteiger partial charge in [0.15, 0.2) is 6.10 Å². The van der Waals surface area contributed by atoms with Gasteiger partial charge in [-0.3, -0.25) is 14.3 Å². The Hall–Kier alpha value is -3.33. The standard InChI is InChI=1S/C23H19IN2O9/c24-15-12-26(22(31)25-18(15)27)16-11-23(32,35-20(29)14-9-5-2-6-10-14)17(33-16)21(30)34-19(28)13-7-3-1-4-8-13/h1-10,12,16-17,21,30,32H,11H2,(H,25,27,31)/t16-,17-,21?,23-/m1/s1. The summed E-state index contributed by atoms with van der Waals surface area (Å²) in [4.78, 5) is 51.3. The molecule has 0 spiro atoms. The van der Waals surface area contributed by atoms with Crippen LogP contribution in [0.25, 0.3) is 0 Å². The lowest BCUT2D eigenvalue weighted by Gasteiger charge is -2.30. The van der Waals surface area contributed by atoms with E-state index in [1.54, 1.807) is 59.0 Å². The zero-order valence-corrected chi connectivity index (χ0v) is 20.0. The van der Waals surface area contributed by atoms with Crippen molar-refractivity contribution in [3.63, 3.8) is 0 Å². The Labute approximate surface area is 211 Å². The fourth-order valence-electron chi connectivity index (χ4n) is 3.53. The number of hydrogen-bond acceptors (Lipinski definition) is 9. The first-order valence-electron chi connectivity index (χ1n) is 10.3. The lowest BCUT2D eigenvalue weighted by atomic mass is 10.1. The summed E-state index contributed by atoms with van der Waals surface area (Å²) in [5, 5.41) is 21.9. The molecule has 1 aromatic heterocycles. The van der Waals surface area contributed by atoms with Gasteiger partial charge in [-0.2, -0.15) is 0 Å². The van der Waals surface area contributed by atoms with Crippen molar-refractivity contribution in [3.8, 4) is 0 Å². The van der Waals surface area contributed by atoms with Crippen LogP contribution in [0, 0.1) is 3.57 Å². The van der Waals surface area contributed by atoms with Gasteiger partial charge in [-0.1, -0.05) is 36.4 Å². The molecule has 0 radical (unpaired) electrons. The molecule has 1 fully saturated rings. The van der Waals surface area contributed by atoms with Gasteiger partial charge in [0.2, 0.25) is 12.1 Å². The van der Waals surface area contributed by atoms with E-state index in [1.165, 1.54) is 30.5 Å². The van der Waals surface area contributed by atoms with Crippen LogP contribution in [0.2, 0.25) is 0 Å². The number of benzene rings is 2. The average molecular weight is 594 g/mol. The third-order valence-corrected chi connectivity index (χ3v) is 5.99. The van der Waals surface area contributed by atoms with Gasteiger partial charge in [-0.05, 0) is 46.9 Å². The number of aromatic amines is 1. The number of aliphatic hydroxyl groups excluding tert-OH is 1. The number of H-pyrrole nitrogens is 1. The number of halogens is 1. The molecule has 12 heteroatoms. The molecule has 1 unspecified atom stereocenters. The van der Waals surface area contributed by atoms with Crippen LogP contribution < -0.4 is 11.2 Å². The highest BCUT2D eigenvalue weighted by Gasteiger charge is 2.56. The predicted molar refractivity (Wildman–Crippen MR) is 127 cm³/mol. The van der Waals surface area contributed by atoms with Crippen LogP contribution in [0.1, 0.15) is 33.4 Å². The van der Waals surface area contributed by atoms with Crippen molar-refractivity contribution in [3.05, 3.63) is 102 Å². The number of aromatic nitrogens is 2. The highest BCUT2D eigenvalue weighted by atomic mass is 127. The van der Waals surface area contributed by atoms with Crippen LogP contribution in [0.15, 0.2) is 76.4 Å². The summed E-state index contributed by atoms with van der Waals surface area (Å²) < 4.78 is 17.1. The van der Waals surface area contributed by atoms with Crippen molar-refractivity contribution in [1.29, 1.82) is 0 Å². The van der Waals surface area contributed by atoms with Crippen molar-refractivity contribution < 1.29 is 34.0 Å². The van der Waals surface area contributed by atoms with E-state index in [-0.39, 0.29) is 14.7 Å². The van der Waals surface area contributed by atoms with Gasteiger partial charge in [0.1, 0.15) is 6.23 Å². The fraction of sp³-hybridized carbons (Fsp3) is 0.217. The van der Waals surface area contributed by atoms with Crippen molar-refractivity contribution in [2.75, 3.05) is 0 Å². The lowest BCUT2D eigenvalue weighted by molar-refractivity contribution is -0.254. The number of aliphatic hydroxyl groups is 2. The molecule has 182 valence electrons. The topological polar surface area (TPSA) is 157 Å². The van der Waals surface area contributed by atoms with E-state index >= 15 is 0 Å². The molecule has 11 nitrogen and oxygen atoms in total. The Bertz CT molecular complexity index is 1340. The molecule has 2 heterocycles. The number of rotatable bonds is 6. The van der Waals surface area contributed by atoms with Gasteiger partial charge in [-0.15, -0.1) is 0 Å². The number of nitrogens with zero attached hydrogens (tertiary/aromatic N) is 1. The first kappa shape index (κ1) is 24.8. The maximum absolute atomic E-state index is 12.7. The summed E-state index contributed by atoms with van der Waals surface area (Å²) in [5.41, 5.74) is -1.25. The van der Waals surface area contributed by atoms with Gasteiger partial charge in [0.05, 0.1) is 21.1 Å². The maximum Gasteiger partial charge on any atom is 0.340 e. The van der Waals surface area contributed by atoms with Crippen LogP contribution in [0.3, 0.4) is 0 Å². The second kappa shape index (κ2) is 10.1. The van der Waals surface area contributed by atoms with E-state index in [1.807, 2.05) is 0 Å². The molecule has 0 amide bonds. The smallest absolute Gasteiger partial charge is 0.340 e. The first-order chi connectivity index (χ1) is 16.7. The molecule has 3 aromatic rings. The summed E-state index contributed by atoms with van der Waals surface area (Å²) in [7, 11) is 0. The van der Waals surface area contributed by atoms with Crippen LogP contribution >= 0.6 is 22.6 Å². The molecule has 0 saturated carbocycles. The van der Waals surface area contributed by atoms with Crippen LogP contribution in [0.5, 0.6) is 0 Å². The number of esters is 2. The number of carbonyl (C=O) groups excluding carboxylic acids is 2. The van der Waals surface area contributed by atoms with E-state index in [4.69, 9.17) is 14.2 Å². The molecule has 1 aliphatic heterocycles. The predicted octanol–water partition coefficient (Wildman–Crippen LogP) is 1.15. The van der Waals surface area contributed by atoms with E-state index in [0.717, 1.165) is 4.57 Å². The zero-order chi connectivity index (χ0) is 25.2. The summed E-state index contributed by atoms with van der Waals surface area (Å²) in [5.74, 6) is -4.36. The SMILES string of the molecule is O=C(OC(O)[C@H]1O[C@@H](n2cc(I)c(=O)[nH]c2=O)C[C@@]1(O)OC(=O)c1ccccc1)c1ccccc1. The minimum absolute atomic E-state index is 0.106. The van der Waals surface area contributed by atoms with E-state index in [2.05, 4.69) is 4.98 Å². The van der Waals surface area contributed by atoms with Crippen molar-refractivity contribution in [2.45, 2.75) is 30.8 Å². The van der Waals surface area contributed by atoms with Crippen molar-refractivity contribution in [1.82, 2.24) is 9.55 Å². The van der Waals surface area contributed by atoms with Gasteiger partial charge in [-0.25, -0.2) is 14.4 Å². The monoisotopic (exact) mass is 594 g/mol. The van der Waals surface area contributed by atoms with E-state index < -0.39 is 54.0 Å². The fourth-order valence-corrected chi connectivity index (χ4v) is 3.96. The summed E-state index contributed by atoms with van der Waals surface area (Å²) in [6, 6.07) is 15.5. The molecule has 4 rings (SSSR count). The maximum atomic E-state index is 12.7. The van der Waals surface area contributed by atoms with Crippen molar-refractivity contribution >= 4 is 34.5 Å². The third kappa shape index (κ3) is 5.35. The number of hydrogen-bond donors (Lipinski definition) is 3.